The number of benzene rings is 2. The molecule has 0 aromatic heterocycles. The Morgan fingerprint density at radius 2 is 1.89 bits per heavy atom. The Morgan fingerprint density at radius 1 is 1.17 bits per heavy atom. The van der Waals surface area contributed by atoms with Crippen molar-refractivity contribution in [2.45, 2.75) is 13.5 Å². The van der Waals surface area contributed by atoms with Gasteiger partial charge >= 0.3 is 0 Å². The van der Waals surface area contributed by atoms with Crippen LogP contribution < -0.4 is 4.74 Å². The van der Waals surface area contributed by atoms with E-state index in [1.165, 1.54) is 6.07 Å². The van der Waals surface area contributed by atoms with Gasteiger partial charge < -0.3 is 4.74 Å². The third-order valence-electron chi connectivity index (χ3n) is 2.61. The van der Waals surface area contributed by atoms with E-state index in [9.17, 15) is 10.1 Å². The lowest BCUT2D eigenvalue weighted by molar-refractivity contribution is -0.385. The van der Waals surface area contributed by atoms with E-state index in [4.69, 9.17) is 4.74 Å². The topological polar surface area (TPSA) is 52.4 Å². The van der Waals surface area contributed by atoms with Gasteiger partial charge in [-0.05, 0) is 24.6 Å². The van der Waals surface area contributed by atoms with E-state index in [0.717, 1.165) is 5.56 Å². The van der Waals surface area contributed by atoms with Gasteiger partial charge in [0.05, 0.1) is 4.92 Å². The maximum absolute atomic E-state index is 10.7. The van der Waals surface area contributed by atoms with Crippen LogP contribution in [0.25, 0.3) is 0 Å². The summed E-state index contributed by atoms with van der Waals surface area (Å²) >= 11 is 0. The van der Waals surface area contributed by atoms with Crippen molar-refractivity contribution >= 4 is 5.69 Å². The van der Waals surface area contributed by atoms with E-state index in [-0.39, 0.29) is 5.69 Å². The SMILES string of the molecule is Cc1cc(OCc2ccccc2)ccc1[N+](=O)[O-]. The Labute approximate surface area is 105 Å². The van der Waals surface area contributed by atoms with Gasteiger partial charge in [0, 0.05) is 11.6 Å². The van der Waals surface area contributed by atoms with Crippen molar-refractivity contribution in [2.24, 2.45) is 0 Å². The lowest BCUT2D eigenvalue weighted by Gasteiger charge is -2.07. The molecule has 0 saturated heterocycles. The van der Waals surface area contributed by atoms with Crippen molar-refractivity contribution in [3.63, 3.8) is 0 Å². The minimum Gasteiger partial charge on any atom is -0.489 e. The standard InChI is InChI=1S/C14H13NO3/c1-11-9-13(7-8-14(11)15(16)17)18-10-12-5-3-2-4-6-12/h2-9H,10H2,1H3. The minimum absolute atomic E-state index is 0.113. The van der Waals surface area contributed by atoms with Gasteiger partial charge in [-0.25, -0.2) is 0 Å². The summed E-state index contributed by atoms with van der Waals surface area (Å²) in [5.41, 5.74) is 1.78. The number of ether oxygens (including phenoxy) is 1. The van der Waals surface area contributed by atoms with Gasteiger partial charge in [0.1, 0.15) is 12.4 Å². The summed E-state index contributed by atoms with van der Waals surface area (Å²) in [4.78, 5) is 10.3. The summed E-state index contributed by atoms with van der Waals surface area (Å²) < 4.78 is 5.59. The zero-order valence-electron chi connectivity index (χ0n) is 10.00. The van der Waals surface area contributed by atoms with E-state index in [1.807, 2.05) is 30.3 Å². The first kappa shape index (κ1) is 12.1. The van der Waals surface area contributed by atoms with Crippen LogP contribution in [-0.4, -0.2) is 4.92 Å². The highest BCUT2D eigenvalue weighted by Crippen LogP contribution is 2.23. The molecular formula is C14H13NO3. The molecule has 0 aliphatic rings. The van der Waals surface area contributed by atoms with Crippen LogP contribution in [0.3, 0.4) is 0 Å². The van der Waals surface area contributed by atoms with Crippen LogP contribution in [0.5, 0.6) is 5.75 Å². The molecule has 0 aliphatic heterocycles. The van der Waals surface area contributed by atoms with Crippen molar-refractivity contribution in [1.82, 2.24) is 0 Å². The third kappa shape index (κ3) is 2.85. The summed E-state index contributed by atoms with van der Waals surface area (Å²) in [6.45, 7) is 2.16. The number of nitrogens with zero attached hydrogens (tertiary/aromatic N) is 1. The number of hydrogen-bond donors (Lipinski definition) is 0. The molecule has 2 rings (SSSR count). The number of aryl methyl sites for hydroxylation is 1. The molecule has 0 spiro atoms. The molecule has 0 radical (unpaired) electrons. The molecule has 0 fully saturated rings. The molecule has 0 atom stereocenters. The Balaban J connectivity index is 2.07. The summed E-state index contributed by atoms with van der Waals surface area (Å²) in [6.07, 6.45) is 0. The van der Waals surface area contributed by atoms with Gasteiger partial charge in [-0.2, -0.15) is 0 Å². The molecule has 0 unspecified atom stereocenters. The van der Waals surface area contributed by atoms with Crippen molar-refractivity contribution < 1.29 is 9.66 Å². The second kappa shape index (κ2) is 5.31. The Bertz CT molecular complexity index is 552. The third-order valence-corrected chi connectivity index (χ3v) is 2.61. The first-order valence-corrected chi connectivity index (χ1v) is 5.58. The molecule has 2 aromatic carbocycles. The molecule has 2 aromatic rings. The molecule has 0 heterocycles. The summed E-state index contributed by atoms with van der Waals surface area (Å²) in [5.74, 6) is 0.641. The second-order valence-corrected chi connectivity index (χ2v) is 3.98. The maximum atomic E-state index is 10.7. The first-order valence-electron chi connectivity index (χ1n) is 5.58. The lowest BCUT2D eigenvalue weighted by Crippen LogP contribution is -1.97. The van der Waals surface area contributed by atoms with Gasteiger partial charge in [-0.3, -0.25) is 10.1 Å². The van der Waals surface area contributed by atoms with Crippen LogP contribution in [0.2, 0.25) is 0 Å². The number of rotatable bonds is 4. The van der Waals surface area contributed by atoms with Gasteiger partial charge in [-0.1, -0.05) is 30.3 Å². The van der Waals surface area contributed by atoms with Crippen LogP contribution in [0.1, 0.15) is 11.1 Å². The minimum atomic E-state index is -0.393. The molecule has 18 heavy (non-hydrogen) atoms. The fourth-order valence-corrected chi connectivity index (χ4v) is 1.66. The highest BCUT2D eigenvalue weighted by Gasteiger charge is 2.10. The highest BCUT2D eigenvalue weighted by atomic mass is 16.6. The smallest absolute Gasteiger partial charge is 0.272 e. The van der Waals surface area contributed by atoms with Crippen LogP contribution in [0, 0.1) is 17.0 Å². The number of nitro benzene ring substituents is 1. The summed E-state index contributed by atoms with van der Waals surface area (Å²) in [5, 5.41) is 10.7. The quantitative estimate of drug-likeness (QED) is 0.610. The Hall–Kier alpha value is -2.36. The van der Waals surface area contributed by atoms with Gasteiger partial charge in [0.2, 0.25) is 0 Å². The van der Waals surface area contributed by atoms with E-state index >= 15 is 0 Å². The number of nitro groups is 1. The van der Waals surface area contributed by atoms with Crippen LogP contribution in [-0.2, 0) is 6.61 Å². The highest BCUT2D eigenvalue weighted by molar-refractivity contribution is 5.44. The zero-order chi connectivity index (χ0) is 13.0. The van der Waals surface area contributed by atoms with Crippen LogP contribution in [0.15, 0.2) is 48.5 Å². The average Bonchev–Trinajstić information content (AvgIpc) is 2.37. The monoisotopic (exact) mass is 243 g/mol. The predicted molar refractivity (Wildman–Crippen MR) is 68.6 cm³/mol. The zero-order valence-corrected chi connectivity index (χ0v) is 10.00. The van der Waals surface area contributed by atoms with E-state index in [1.54, 1.807) is 19.1 Å². The van der Waals surface area contributed by atoms with Crippen molar-refractivity contribution in [2.75, 3.05) is 0 Å². The fraction of sp³-hybridized carbons (Fsp3) is 0.143. The average molecular weight is 243 g/mol. The molecule has 92 valence electrons. The lowest BCUT2D eigenvalue weighted by atomic mass is 10.2. The Kier molecular flexibility index (Phi) is 3.57. The largest absolute Gasteiger partial charge is 0.489 e. The number of hydrogen-bond acceptors (Lipinski definition) is 3. The fourth-order valence-electron chi connectivity index (χ4n) is 1.66. The molecule has 0 amide bonds. The van der Waals surface area contributed by atoms with E-state index < -0.39 is 4.92 Å². The van der Waals surface area contributed by atoms with Crippen molar-refractivity contribution in [3.05, 3.63) is 69.8 Å². The molecular weight excluding hydrogens is 230 g/mol. The first-order chi connectivity index (χ1) is 8.66. The van der Waals surface area contributed by atoms with Gasteiger partial charge in [0.25, 0.3) is 5.69 Å². The molecule has 4 heteroatoms. The van der Waals surface area contributed by atoms with Gasteiger partial charge in [0.15, 0.2) is 0 Å². The molecule has 0 aliphatic carbocycles. The molecule has 4 nitrogen and oxygen atoms in total. The molecule has 0 N–H and O–H groups in total. The van der Waals surface area contributed by atoms with Crippen molar-refractivity contribution in [1.29, 1.82) is 0 Å². The van der Waals surface area contributed by atoms with Gasteiger partial charge in [-0.15, -0.1) is 0 Å². The van der Waals surface area contributed by atoms with E-state index in [0.29, 0.717) is 17.9 Å². The predicted octanol–water partition coefficient (Wildman–Crippen LogP) is 3.48. The summed E-state index contributed by atoms with van der Waals surface area (Å²) in [7, 11) is 0. The van der Waals surface area contributed by atoms with E-state index in [2.05, 4.69) is 0 Å². The molecule has 0 saturated carbocycles. The van der Waals surface area contributed by atoms with Crippen LogP contribution >= 0.6 is 0 Å². The maximum Gasteiger partial charge on any atom is 0.272 e. The second-order valence-electron chi connectivity index (χ2n) is 3.98. The van der Waals surface area contributed by atoms with Crippen molar-refractivity contribution in [3.8, 4) is 5.75 Å². The normalized spacial score (nSPS) is 10.1. The van der Waals surface area contributed by atoms with Crippen LogP contribution in [0.4, 0.5) is 5.69 Å². The summed E-state index contributed by atoms with van der Waals surface area (Å²) in [6, 6.07) is 14.5. The molecule has 0 bridgehead atoms. The Morgan fingerprint density at radius 3 is 2.50 bits per heavy atom.